The highest BCUT2D eigenvalue weighted by atomic mass is 16.6. The molecule has 0 unspecified atom stereocenters. The normalized spacial score (nSPS) is 25.8. The second-order valence-corrected chi connectivity index (χ2v) is 6.08. The molecule has 0 aromatic heterocycles. The fourth-order valence-corrected chi connectivity index (χ4v) is 2.34. The van der Waals surface area contributed by atoms with Crippen LogP contribution in [0.4, 0.5) is 0 Å². The molecule has 0 spiro atoms. The minimum Gasteiger partial charge on any atom is -0.480 e. The summed E-state index contributed by atoms with van der Waals surface area (Å²) in [6.45, 7) is 9.42. The Morgan fingerprint density at radius 3 is 2.50 bits per heavy atom. The van der Waals surface area contributed by atoms with Crippen molar-refractivity contribution in [3.8, 4) is 0 Å². The number of carboxylic acid groups (broad SMARTS) is 1. The Morgan fingerprint density at radius 1 is 1.50 bits per heavy atom. The molecular weight excluding hydrogens is 260 g/mol. The number of ether oxygens (including phenoxy) is 1. The molecule has 6 heteroatoms. The van der Waals surface area contributed by atoms with Crippen molar-refractivity contribution in [2.24, 2.45) is 11.7 Å². The summed E-state index contributed by atoms with van der Waals surface area (Å²) in [5, 5.41) is 9.11. The van der Waals surface area contributed by atoms with Gasteiger partial charge >= 0.3 is 11.9 Å². The van der Waals surface area contributed by atoms with E-state index in [1.54, 1.807) is 4.90 Å². The Hall–Kier alpha value is -1.40. The van der Waals surface area contributed by atoms with Crippen LogP contribution in [-0.4, -0.2) is 46.3 Å². The van der Waals surface area contributed by atoms with E-state index in [1.165, 1.54) is 6.08 Å². The van der Waals surface area contributed by atoms with E-state index in [2.05, 4.69) is 6.58 Å². The third-order valence-corrected chi connectivity index (χ3v) is 3.26. The lowest BCUT2D eigenvalue weighted by Crippen LogP contribution is -2.55. The number of rotatable bonds is 4. The van der Waals surface area contributed by atoms with Crippen LogP contribution < -0.4 is 5.73 Å². The van der Waals surface area contributed by atoms with Crippen LogP contribution in [0.1, 0.15) is 33.6 Å². The van der Waals surface area contributed by atoms with Gasteiger partial charge in [0.05, 0.1) is 12.1 Å². The van der Waals surface area contributed by atoms with Crippen LogP contribution in [0.25, 0.3) is 0 Å². The van der Waals surface area contributed by atoms with Crippen molar-refractivity contribution in [1.29, 1.82) is 0 Å². The van der Waals surface area contributed by atoms with Crippen molar-refractivity contribution in [3.05, 3.63) is 12.7 Å². The largest absolute Gasteiger partial charge is 0.480 e. The molecule has 1 heterocycles. The number of esters is 1. The van der Waals surface area contributed by atoms with E-state index in [0.29, 0.717) is 19.4 Å². The van der Waals surface area contributed by atoms with Crippen LogP contribution in [0.3, 0.4) is 0 Å². The second-order valence-electron chi connectivity index (χ2n) is 6.08. The fraction of sp³-hybridized carbons (Fsp3) is 0.714. The van der Waals surface area contributed by atoms with Crippen molar-refractivity contribution in [3.63, 3.8) is 0 Å². The zero-order valence-electron chi connectivity index (χ0n) is 12.3. The molecule has 20 heavy (non-hydrogen) atoms. The van der Waals surface area contributed by atoms with Crippen LogP contribution in [0.15, 0.2) is 12.7 Å². The average molecular weight is 284 g/mol. The van der Waals surface area contributed by atoms with Crippen molar-refractivity contribution in [1.82, 2.24) is 4.90 Å². The molecule has 0 bridgehead atoms. The van der Waals surface area contributed by atoms with Gasteiger partial charge in [0.2, 0.25) is 0 Å². The zero-order valence-corrected chi connectivity index (χ0v) is 12.3. The third-order valence-electron chi connectivity index (χ3n) is 3.26. The Bertz CT molecular complexity index is 389. The molecule has 0 aromatic carbocycles. The number of nitrogens with zero attached hydrogens (tertiary/aromatic N) is 1. The number of likely N-dealkylation sites (tertiary alicyclic amines) is 1. The van der Waals surface area contributed by atoms with Gasteiger partial charge in [0.15, 0.2) is 0 Å². The smallest absolute Gasteiger partial charge is 0.324 e. The predicted molar refractivity (Wildman–Crippen MR) is 74.9 cm³/mol. The van der Waals surface area contributed by atoms with Gasteiger partial charge in [-0.2, -0.15) is 0 Å². The summed E-state index contributed by atoms with van der Waals surface area (Å²) >= 11 is 0. The summed E-state index contributed by atoms with van der Waals surface area (Å²) in [7, 11) is 0. The van der Waals surface area contributed by atoms with Gasteiger partial charge in [-0.1, -0.05) is 6.08 Å². The molecule has 0 aromatic rings. The summed E-state index contributed by atoms with van der Waals surface area (Å²) in [4.78, 5) is 24.8. The van der Waals surface area contributed by atoms with Crippen LogP contribution >= 0.6 is 0 Å². The summed E-state index contributed by atoms with van der Waals surface area (Å²) in [5.41, 5.74) is 5.47. The third kappa shape index (κ3) is 4.31. The minimum absolute atomic E-state index is 0.266. The standard InChI is InChI=1S/C14H24N2O4/c1-5-10(12(17)18)16-7-6-9(8-11(16)15)13(19)20-14(2,3)4/h5,9-11H,1,6-8,15H2,2-4H3,(H,17,18)/t9-,10-,11-/m1/s1. The minimum atomic E-state index is -0.980. The maximum absolute atomic E-state index is 12.0. The lowest BCUT2D eigenvalue weighted by molar-refractivity contribution is -0.163. The van der Waals surface area contributed by atoms with Gasteiger partial charge in [-0.25, -0.2) is 0 Å². The SMILES string of the molecule is C=C[C@H](C(=O)O)N1CC[C@@H](C(=O)OC(C)(C)C)C[C@@H]1N. The number of nitrogens with two attached hydrogens (primary N) is 1. The van der Waals surface area contributed by atoms with Crippen molar-refractivity contribution in [2.75, 3.05) is 6.54 Å². The molecule has 0 amide bonds. The monoisotopic (exact) mass is 284 g/mol. The van der Waals surface area contributed by atoms with Gasteiger partial charge in [-0.3, -0.25) is 14.5 Å². The maximum atomic E-state index is 12.0. The Labute approximate surface area is 119 Å². The lowest BCUT2D eigenvalue weighted by atomic mass is 9.93. The molecule has 0 aliphatic carbocycles. The first kappa shape index (κ1) is 16.7. The van der Waals surface area contributed by atoms with Crippen LogP contribution in [0, 0.1) is 5.92 Å². The molecule has 0 saturated carbocycles. The zero-order chi connectivity index (χ0) is 15.5. The lowest BCUT2D eigenvalue weighted by Gasteiger charge is -2.39. The molecule has 0 radical (unpaired) electrons. The van der Waals surface area contributed by atoms with E-state index in [9.17, 15) is 9.59 Å². The summed E-state index contributed by atoms with van der Waals surface area (Å²) in [5.74, 6) is -1.52. The van der Waals surface area contributed by atoms with Crippen molar-refractivity contribution < 1.29 is 19.4 Å². The molecule has 1 rings (SSSR count). The number of carbonyl (C=O) groups is 2. The number of hydrogen-bond acceptors (Lipinski definition) is 5. The van der Waals surface area contributed by atoms with Gasteiger partial charge in [0, 0.05) is 6.54 Å². The number of piperidine rings is 1. The van der Waals surface area contributed by atoms with E-state index in [-0.39, 0.29) is 11.9 Å². The molecule has 3 atom stereocenters. The van der Waals surface area contributed by atoms with Gasteiger partial charge in [-0.05, 0) is 33.6 Å². The Balaban J connectivity index is 2.65. The van der Waals surface area contributed by atoms with Gasteiger partial charge < -0.3 is 15.6 Å². The highest BCUT2D eigenvalue weighted by Gasteiger charge is 2.37. The molecule has 1 aliphatic rings. The van der Waals surface area contributed by atoms with Gasteiger partial charge in [-0.15, -0.1) is 6.58 Å². The molecule has 3 N–H and O–H groups in total. The van der Waals surface area contributed by atoms with E-state index in [1.807, 2.05) is 20.8 Å². The van der Waals surface area contributed by atoms with Crippen LogP contribution in [0.5, 0.6) is 0 Å². The first-order valence-electron chi connectivity index (χ1n) is 6.75. The van der Waals surface area contributed by atoms with Gasteiger partial charge in [0.25, 0.3) is 0 Å². The van der Waals surface area contributed by atoms with Crippen molar-refractivity contribution in [2.45, 2.75) is 51.4 Å². The molecule has 114 valence electrons. The number of carboxylic acids is 1. The first-order chi connectivity index (χ1) is 9.15. The van der Waals surface area contributed by atoms with Crippen molar-refractivity contribution >= 4 is 11.9 Å². The number of hydrogen-bond donors (Lipinski definition) is 2. The van der Waals surface area contributed by atoms with Crippen LogP contribution in [-0.2, 0) is 14.3 Å². The van der Waals surface area contributed by atoms with E-state index < -0.39 is 23.8 Å². The average Bonchev–Trinajstić information content (AvgIpc) is 2.29. The highest BCUT2D eigenvalue weighted by Crippen LogP contribution is 2.25. The number of carbonyl (C=O) groups excluding carboxylic acids is 1. The fourth-order valence-electron chi connectivity index (χ4n) is 2.34. The van der Waals surface area contributed by atoms with E-state index >= 15 is 0 Å². The second kappa shape index (κ2) is 6.37. The summed E-state index contributed by atoms with van der Waals surface area (Å²) in [6.07, 6.45) is 1.81. The van der Waals surface area contributed by atoms with Gasteiger partial charge in [0.1, 0.15) is 11.6 Å². The topological polar surface area (TPSA) is 92.9 Å². The Kier molecular flexibility index (Phi) is 5.30. The molecule has 1 saturated heterocycles. The first-order valence-corrected chi connectivity index (χ1v) is 6.75. The van der Waals surface area contributed by atoms with E-state index in [4.69, 9.17) is 15.6 Å². The molecule has 6 nitrogen and oxygen atoms in total. The maximum Gasteiger partial charge on any atom is 0.324 e. The summed E-state index contributed by atoms with van der Waals surface area (Å²) in [6, 6.07) is -0.815. The predicted octanol–water partition coefficient (Wildman–Crippen LogP) is 0.964. The highest BCUT2D eigenvalue weighted by molar-refractivity contribution is 5.76. The number of aliphatic carboxylic acids is 1. The molecular formula is C14H24N2O4. The summed E-state index contributed by atoms with van der Waals surface area (Å²) < 4.78 is 5.35. The Morgan fingerprint density at radius 2 is 2.10 bits per heavy atom. The quantitative estimate of drug-likeness (QED) is 0.590. The van der Waals surface area contributed by atoms with E-state index in [0.717, 1.165) is 0 Å². The molecule has 1 fully saturated rings. The molecule has 1 aliphatic heterocycles. The van der Waals surface area contributed by atoms with Crippen LogP contribution in [0.2, 0.25) is 0 Å².